The summed E-state index contributed by atoms with van der Waals surface area (Å²) in [6, 6.07) is 10.9. The number of fused-ring (bicyclic) bond motifs is 2. The van der Waals surface area contributed by atoms with Crippen molar-refractivity contribution in [2.45, 2.75) is 78.3 Å². The summed E-state index contributed by atoms with van der Waals surface area (Å²) in [4.78, 5) is 59.3. The molecule has 4 aromatic rings. The fourth-order valence-corrected chi connectivity index (χ4v) is 7.03. The summed E-state index contributed by atoms with van der Waals surface area (Å²) in [5.41, 5.74) is 2.79. The Morgan fingerprint density at radius 3 is 2.38 bits per heavy atom. The van der Waals surface area contributed by atoms with Gasteiger partial charge in [-0.15, -0.1) is 5.92 Å². The SMILES string of the molecule is CC#Cc1ccc2c(=O)[nH]nc(C(C)CCCC(=O)N3CCN(c4ncc(C(F)(F)F)cn4)CC3)c2c1.CCOC(=O)CCCC(C)=C1OC(=O)c2ccc(Br)cc21. The Hall–Kier alpha value is -5.56. The second-order valence-corrected chi connectivity index (χ2v) is 14.8. The molecule has 58 heavy (non-hydrogen) atoms. The van der Waals surface area contributed by atoms with Gasteiger partial charge < -0.3 is 19.3 Å². The van der Waals surface area contributed by atoms with Gasteiger partial charge in [-0.2, -0.15) is 18.3 Å². The van der Waals surface area contributed by atoms with E-state index in [-0.39, 0.29) is 35.3 Å². The third kappa shape index (κ3) is 11.1. The Morgan fingerprint density at radius 2 is 1.71 bits per heavy atom. The lowest BCUT2D eigenvalue weighted by Crippen LogP contribution is -2.49. The molecule has 4 heterocycles. The monoisotopic (exact) mass is 864 g/mol. The lowest BCUT2D eigenvalue weighted by molar-refractivity contribution is -0.143. The minimum absolute atomic E-state index is 0.0191. The summed E-state index contributed by atoms with van der Waals surface area (Å²) in [7, 11) is 0. The number of allylic oxidation sites excluding steroid dienone is 1. The van der Waals surface area contributed by atoms with Crippen LogP contribution in [0.3, 0.4) is 0 Å². The van der Waals surface area contributed by atoms with Crippen molar-refractivity contribution in [3.63, 3.8) is 0 Å². The average Bonchev–Trinajstić information content (AvgIpc) is 3.53. The summed E-state index contributed by atoms with van der Waals surface area (Å²) in [5, 5.41) is 8.18. The van der Waals surface area contributed by atoms with Crippen molar-refractivity contribution in [3.05, 3.63) is 97.1 Å². The molecule has 2 aromatic carbocycles. The third-order valence-corrected chi connectivity index (χ3v) is 10.2. The quantitative estimate of drug-likeness (QED) is 0.117. The maximum absolute atomic E-state index is 12.8. The first-order valence-corrected chi connectivity index (χ1v) is 19.7. The van der Waals surface area contributed by atoms with Crippen LogP contribution in [-0.2, 0) is 25.2 Å². The number of benzene rings is 2. The molecule has 2 aliphatic rings. The first-order chi connectivity index (χ1) is 27.7. The van der Waals surface area contributed by atoms with Crippen LogP contribution < -0.4 is 10.5 Å². The number of nitrogens with one attached hydrogen (secondary N) is 1. The molecule has 1 saturated heterocycles. The average molecular weight is 866 g/mol. The molecule has 1 fully saturated rings. The lowest BCUT2D eigenvalue weighted by atomic mass is 9.95. The van der Waals surface area contributed by atoms with Crippen molar-refractivity contribution in [2.24, 2.45) is 0 Å². The van der Waals surface area contributed by atoms with Crippen LogP contribution in [0.4, 0.5) is 19.1 Å². The number of cyclic esters (lactones) is 1. The van der Waals surface area contributed by atoms with Gasteiger partial charge in [-0.3, -0.25) is 14.4 Å². The highest BCUT2D eigenvalue weighted by Crippen LogP contribution is 2.35. The Balaban J connectivity index is 0.000000258. The largest absolute Gasteiger partial charge is 0.466 e. The highest BCUT2D eigenvalue weighted by Gasteiger charge is 2.32. The highest BCUT2D eigenvalue weighted by atomic mass is 79.9. The molecule has 12 nitrogen and oxygen atoms in total. The zero-order chi connectivity index (χ0) is 42.0. The molecule has 1 N–H and O–H groups in total. The number of alkyl halides is 3. The molecular formula is C42H44BrF3N6O6. The van der Waals surface area contributed by atoms with E-state index in [1.54, 1.807) is 35.8 Å². The van der Waals surface area contributed by atoms with Gasteiger partial charge in [0.05, 0.1) is 28.8 Å². The molecule has 2 aromatic heterocycles. The molecule has 0 saturated carbocycles. The molecule has 306 valence electrons. The Bertz CT molecular complexity index is 2290. The zero-order valence-electron chi connectivity index (χ0n) is 32.7. The summed E-state index contributed by atoms with van der Waals surface area (Å²) in [5.74, 6) is 6.23. The summed E-state index contributed by atoms with van der Waals surface area (Å²) in [6.45, 7) is 9.68. The first-order valence-electron chi connectivity index (χ1n) is 18.9. The van der Waals surface area contributed by atoms with Crippen LogP contribution in [0.25, 0.3) is 16.5 Å². The van der Waals surface area contributed by atoms with Gasteiger partial charge >= 0.3 is 18.1 Å². The molecule has 0 radical (unpaired) electrons. The number of H-pyrrole nitrogens is 1. The molecule has 1 unspecified atom stereocenters. The topological polar surface area (TPSA) is 148 Å². The van der Waals surface area contributed by atoms with E-state index in [4.69, 9.17) is 9.47 Å². The maximum atomic E-state index is 12.8. The van der Waals surface area contributed by atoms with E-state index in [1.165, 1.54) is 0 Å². The summed E-state index contributed by atoms with van der Waals surface area (Å²) in [6.07, 6.45) is 0.546. The Kier molecular flexibility index (Phi) is 14.8. The van der Waals surface area contributed by atoms with Crippen molar-refractivity contribution < 1.29 is 37.0 Å². The second-order valence-electron chi connectivity index (χ2n) is 13.9. The second kappa shape index (κ2) is 19.7. The molecular weight excluding hydrogens is 821 g/mol. The van der Waals surface area contributed by atoms with E-state index in [1.807, 2.05) is 38.1 Å². The number of aromatic amines is 1. The van der Waals surface area contributed by atoms with Crippen LogP contribution >= 0.6 is 15.9 Å². The van der Waals surface area contributed by atoms with Crippen LogP contribution in [0.5, 0.6) is 0 Å². The number of rotatable bonds is 11. The van der Waals surface area contributed by atoms with Gasteiger partial charge in [-0.1, -0.05) is 28.8 Å². The fraction of sp³-hybridized carbons (Fsp3) is 0.405. The van der Waals surface area contributed by atoms with Crippen LogP contribution in [0.2, 0.25) is 0 Å². The minimum Gasteiger partial charge on any atom is -0.466 e. The highest BCUT2D eigenvalue weighted by molar-refractivity contribution is 9.10. The molecule has 1 atom stereocenters. The van der Waals surface area contributed by atoms with Crippen LogP contribution in [0.1, 0.15) is 105 Å². The maximum Gasteiger partial charge on any atom is 0.419 e. The van der Waals surface area contributed by atoms with E-state index in [9.17, 15) is 32.3 Å². The fourth-order valence-electron chi connectivity index (χ4n) is 6.67. The number of carbonyl (C=O) groups excluding carboxylic acids is 3. The van der Waals surface area contributed by atoms with Crippen molar-refractivity contribution in [2.75, 3.05) is 37.7 Å². The number of hydrogen-bond donors (Lipinski definition) is 1. The lowest BCUT2D eigenvalue weighted by Gasteiger charge is -2.34. The van der Waals surface area contributed by atoms with Gasteiger partial charge in [-0.05, 0) is 88.4 Å². The number of amides is 1. The Morgan fingerprint density at radius 1 is 0.983 bits per heavy atom. The van der Waals surface area contributed by atoms with E-state index >= 15 is 0 Å². The van der Waals surface area contributed by atoms with Gasteiger partial charge in [0.15, 0.2) is 0 Å². The molecule has 0 bridgehead atoms. The predicted octanol–water partition coefficient (Wildman–Crippen LogP) is 7.81. The number of nitrogens with zero attached hydrogens (tertiary/aromatic N) is 5. The number of anilines is 1. The van der Waals surface area contributed by atoms with Crippen LogP contribution in [0.15, 0.2) is 63.6 Å². The van der Waals surface area contributed by atoms with E-state index in [0.717, 1.165) is 44.6 Å². The van der Waals surface area contributed by atoms with Gasteiger partial charge in [-0.25, -0.2) is 19.9 Å². The van der Waals surface area contributed by atoms with E-state index in [2.05, 4.69) is 47.9 Å². The van der Waals surface area contributed by atoms with Crippen molar-refractivity contribution in [1.29, 1.82) is 0 Å². The first kappa shape index (κ1) is 43.6. The van der Waals surface area contributed by atoms with Gasteiger partial charge in [0.25, 0.3) is 5.56 Å². The molecule has 6 rings (SSSR count). The van der Waals surface area contributed by atoms with Crippen molar-refractivity contribution >= 4 is 56.3 Å². The summed E-state index contributed by atoms with van der Waals surface area (Å²) >= 11 is 3.40. The molecule has 0 aliphatic carbocycles. The molecule has 16 heteroatoms. The van der Waals surface area contributed by atoms with Crippen molar-refractivity contribution in [3.8, 4) is 11.8 Å². The van der Waals surface area contributed by atoms with E-state index < -0.39 is 11.7 Å². The van der Waals surface area contributed by atoms with Gasteiger partial charge in [0.2, 0.25) is 11.9 Å². The standard InChI is InChI=1S/C26H27F3N6O2.C16H17BrO4/c1-3-5-18-8-9-20-21(14-18)23(32-33-24(20)37)17(2)6-4-7-22(36)34-10-12-35(13-11-34)25-30-15-19(16-31-25)26(27,28)29;1-3-20-14(18)6-4-5-10(2)15-13-9-11(17)7-8-12(13)16(19)21-15/h8-9,14-17H,4,6-7,10-13H2,1-2H3,(H,33,37);7-9H,3-6H2,1-2H3. The number of esters is 2. The molecule has 2 aliphatic heterocycles. The smallest absolute Gasteiger partial charge is 0.419 e. The molecule has 1 amide bonds. The summed E-state index contributed by atoms with van der Waals surface area (Å²) < 4.78 is 49.3. The minimum atomic E-state index is -4.48. The predicted molar refractivity (Wildman–Crippen MR) is 216 cm³/mol. The van der Waals surface area contributed by atoms with E-state index in [0.29, 0.717) is 88.0 Å². The number of hydrogen-bond acceptors (Lipinski definition) is 10. The zero-order valence-corrected chi connectivity index (χ0v) is 34.3. The number of halogens is 4. The van der Waals surface area contributed by atoms with Crippen LogP contribution in [0, 0.1) is 11.8 Å². The van der Waals surface area contributed by atoms with Gasteiger partial charge in [0, 0.05) is 78.3 Å². The van der Waals surface area contributed by atoms with Crippen LogP contribution in [-0.4, -0.2) is 75.7 Å². The van der Waals surface area contributed by atoms with Crippen molar-refractivity contribution in [1.82, 2.24) is 25.1 Å². The molecule has 0 spiro atoms. The van der Waals surface area contributed by atoms with Gasteiger partial charge in [0.1, 0.15) is 5.76 Å². The number of ether oxygens (including phenoxy) is 2. The number of piperazine rings is 1. The number of carbonyl (C=O) groups is 3. The number of aromatic nitrogens is 4. The Labute approximate surface area is 342 Å². The third-order valence-electron chi connectivity index (χ3n) is 9.73. The normalized spacial score (nSPS) is 15.1.